The number of rotatable bonds is 2. The van der Waals surface area contributed by atoms with Crippen molar-refractivity contribution in [3.05, 3.63) is 71.8 Å². The van der Waals surface area contributed by atoms with E-state index in [1.807, 2.05) is 48.3 Å². The average molecular weight is 279 g/mol. The molecule has 2 aromatic rings. The third kappa shape index (κ3) is 1.81. The van der Waals surface area contributed by atoms with E-state index in [-0.39, 0.29) is 30.1 Å². The number of carbonyl (C=O) groups excluding carboxylic acids is 1. The zero-order valence-electron chi connectivity index (χ0n) is 11.8. The summed E-state index contributed by atoms with van der Waals surface area (Å²) in [6.45, 7) is 0. The lowest BCUT2D eigenvalue weighted by Gasteiger charge is -2.30. The van der Waals surface area contributed by atoms with Crippen molar-refractivity contribution in [2.45, 2.75) is 24.2 Å². The lowest BCUT2D eigenvalue weighted by molar-refractivity contribution is -0.148. The lowest BCUT2D eigenvalue weighted by atomic mass is 9.88. The summed E-state index contributed by atoms with van der Waals surface area (Å²) in [5, 5.41) is 0. The Morgan fingerprint density at radius 2 is 1.43 bits per heavy atom. The van der Waals surface area contributed by atoms with Crippen LogP contribution in [0.2, 0.25) is 0 Å². The fourth-order valence-corrected chi connectivity index (χ4v) is 3.66. The number of hydrogen-bond donors (Lipinski definition) is 0. The largest absolute Gasteiger partial charge is 0.358 e. The highest BCUT2D eigenvalue weighted by molar-refractivity contribution is 5.86. The Labute approximate surface area is 124 Å². The van der Waals surface area contributed by atoms with Crippen LogP contribution in [0.15, 0.2) is 60.7 Å². The number of amides is 1. The van der Waals surface area contributed by atoms with Gasteiger partial charge in [0.25, 0.3) is 5.91 Å². The second kappa shape index (κ2) is 4.71. The minimum Gasteiger partial charge on any atom is -0.358 e. The van der Waals surface area contributed by atoms with Gasteiger partial charge >= 0.3 is 0 Å². The maximum absolute atomic E-state index is 12.3. The molecule has 0 unspecified atom stereocenters. The van der Waals surface area contributed by atoms with Gasteiger partial charge in [-0.2, -0.15) is 0 Å². The van der Waals surface area contributed by atoms with Crippen LogP contribution in [-0.4, -0.2) is 30.0 Å². The number of ether oxygens (including phenoxy) is 1. The predicted molar refractivity (Wildman–Crippen MR) is 79.8 cm³/mol. The predicted octanol–water partition coefficient (Wildman–Crippen LogP) is 2.75. The van der Waals surface area contributed by atoms with Crippen molar-refractivity contribution in [3.8, 4) is 0 Å². The van der Waals surface area contributed by atoms with Crippen molar-refractivity contribution in [2.75, 3.05) is 7.05 Å². The van der Waals surface area contributed by atoms with Crippen LogP contribution < -0.4 is 0 Å². The minimum atomic E-state index is -0.354. The third-order valence-electron chi connectivity index (χ3n) is 4.65. The normalized spacial score (nSPS) is 30.9. The Hall–Kier alpha value is -2.13. The second-order valence-corrected chi connectivity index (χ2v) is 5.76. The molecule has 0 N–H and O–H groups in total. The average Bonchev–Trinajstić information content (AvgIpc) is 3.04. The van der Waals surface area contributed by atoms with Crippen molar-refractivity contribution < 1.29 is 9.53 Å². The van der Waals surface area contributed by atoms with Gasteiger partial charge < -0.3 is 9.64 Å². The first-order valence-corrected chi connectivity index (χ1v) is 7.29. The van der Waals surface area contributed by atoms with Crippen LogP contribution in [0.4, 0.5) is 0 Å². The van der Waals surface area contributed by atoms with Crippen LogP contribution in [0.1, 0.15) is 23.1 Å². The molecule has 2 saturated heterocycles. The molecule has 0 spiro atoms. The second-order valence-electron chi connectivity index (χ2n) is 5.76. The molecule has 106 valence electrons. The lowest BCUT2D eigenvalue weighted by Crippen LogP contribution is -2.40. The zero-order valence-corrected chi connectivity index (χ0v) is 11.8. The molecule has 0 aliphatic carbocycles. The molecule has 2 aliphatic heterocycles. The number of morpholine rings is 1. The van der Waals surface area contributed by atoms with E-state index in [4.69, 9.17) is 4.74 Å². The summed E-state index contributed by atoms with van der Waals surface area (Å²) in [6.07, 6.45) is -0.392. The minimum absolute atomic E-state index is 0.0379. The Morgan fingerprint density at radius 3 is 2.05 bits per heavy atom. The molecule has 2 heterocycles. The van der Waals surface area contributed by atoms with Gasteiger partial charge in [-0.3, -0.25) is 4.79 Å². The van der Waals surface area contributed by atoms with Crippen LogP contribution in [0.5, 0.6) is 0 Å². The highest BCUT2D eigenvalue weighted by Crippen LogP contribution is 2.50. The molecule has 2 fully saturated rings. The number of likely N-dealkylation sites (tertiary alicyclic amines) is 1. The summed E-state index contributed by atoms with van der Waals surface area (Å²) >= 11 is 0. The number of benzene rings is 2. The number of carbonyl (C=O) groups is 1. The van der Waals surface area contributed by atoms with E-state index in [9.17, 15) is 4.79 Å². The first-order chi connectivity index (χ1) is 10.3. The summed E-state index contributed by atoms with van der Waals surface area (Å²) in [5.74, 6) is 0.218. The van der Waals surface area contributed by atoms with E-state index in [1.165, 1.54) is 5.56 Å². The van der Waals surface area contributed by atoms with E-state index in [0.717, 1.165) is 5.56 Å². The molecular formula is C18H17NO2. The van der Waals surface area contributed by atoms with Gasteiger partial charge in [0.2, 0.25) is 0 Å². The van der Waals surface area contributed by atoms with Crippen LogP contribution in [-0.2, 0) is 9.53 Å². The molecule has 2 bridgehead atoms. The first-order valence-electron chi connectivity index (χ1n) is 7.29. The first kappa shape index (κ1) is 12.6. The molecule has 0 aromatic heterocycles. The number of hydrogen-bond acceptors (Lipinski definition) is 2. The quantitative estimate of drug-likeness (QED) is 0.846. The van der Waals surface area contributed by atoms with Crippen LogP contribution in [0.3, 0.4) is 0 Å². The summed E-state index contributed by atoms with van der Waals surface area (Å²) in [5.41, 5.74) is 2.33. The summed E-state index contributed by atoms with van der Waals surface area (Å²) < 4.78 is 6.10. The van der Waals surface area contributed by atoms with E-state index in [1.54, 1.807) is 0 Å². The summed E-state index contributed by atoms with van der Waals surface area (Å²) in [6, 6.07) is 20.5. The van der Waals surface area contributed by atoms with Gasteiger partial charge in [-0.05, 0) is 11.1 Å². The molecule has 4 rings (SSSR count). The molecule has 4 atom stereocenters. The molecule has 3 heteroatoms. The molecule has 2 aromatic carbocycles. The SMILES string of the molecule is CN1C(=O)[C@@H]2O[C@@H](c3ccccc3)[C@H]1[C@@H]2c1ccccc1. The van der Waals surface area contributed by atoms with Gasteiger partial charge in [0, 0.05) is 13.0 Å². The van der Waals surface area contributed by atoms with Crippen molar-refractivity contribution in [1.82, 2.24) is 4.90 Å². The molecule has 0 saturated carbocycles. The van der Waals surface area contributed by atoms with Crippen molar-refractivity contribution >= 4 is 5.91 Å². The van der Waals surface area contributed by atoms with Crippen LogP contribution in [0.25, 0.3) is 0 Å². The summed E-state index contributed by atoms with van der Waals surface area (Å²) in [7, 11) is 1.89. The Bertz CT molecular complexity index is 655. The number of likely N-dealkylation sites (N-methyl/N-ethyl adjacent to an activating group) is 1. The summed E-state index contributed by atoms with van der Waals surface area (Å²) in [4.78, 5) is 14.2. The molecule has 21 heavy (non-hydrogen) atoms. The Balaban J connectivity index is 1.75. The highest BCUT2D eigenvalue weighted by Gasteiger charge is 2.58. The van der Waals surface area contributed by atoms with E-state index < -0.39 is 0 Å². The molecule has 2 aliphatic rings. The fourth-order valence-electron chi connectivity index (χ4n) is 3.66. The van der Waals surface area contributed by atoms with Crippen molar-refractivity contribution in [1.29, 1.82) is 0 Å². The zero-order chi connectivity index (χ0) is 14.4. The third-order valence-corrected chi connectivity index (χ3v) is 4.65. The Kier molecular flexibility index (Phi) is 2.82. The van der Waals surface area contributed by atoms with Gasteiger partial charge in [-0.25, -0.2) is 0 Å². The van der Waals surface area contributed by atoms with Crippen molar-refractivity contribution in [2.24, 2.45) is 0 Å². The molecular weight excluding hydrogens is 262 g/mol. The van der Waals surface area contributed by atoms with E-state index in [2.05, 4.69) is 24.3 Å². The smallest absolute Gasteiger partial charge is 0.252 e. The topological polar surface area (TPSA) is 29.5 Å². The van der Waals surface area contributed by atoms with Gasteiger partial charge in [-0.15, -0.1) is 0 Å². The number of fused-ring (bicyclic) bond motifs is 2. The van der Waals surface area contributed by atoms with Gasteiger partial charge in [-0.1, -0.05) is 60.7 Å². The monoisotopic (exact) mass is 279 g/mol. The fraction of sp³-hybridized carbons (Fsp3) is 0.278. The Morgan fingerprint density at radius 1 is 0.857 bits per heavy atom. The molecule has 1 amide bonds. The van der Waals surface area contributed by atoms with Crippen LogP contribution >= 0.6 is 0 Å². The molecule has 0 radical (unpaired) electrons. The maximum Gasteiger partial charge on any atom is 0.252 e. The maximum atomic E-state index is 12.3. The van der Waals surface area contributed by atoms with Gasteiger partial charge in [0.1, 0.15) is 12.2 Å². The highest BCUT2D eigenvalue weighted by atomic mass is 16.5. The van der Waals surface area contributed by atoms with E-state index in [0.29, 0.717) is 0 Å². The van der Waals surface area contributed by atoms with Gasteiger partial charge in [0.05, 0.1) is 6.04 Å². The van der Waals surface area contributed by atoms with Gasteiger partial charge in [0.15, 0.2) is 0 Å². The van der Waals surface area contributed by atoms with Crippen molar-refractivity contribution in [3.63, 3.8) is 0 Å². The van der Waals surface area contributed by atoms with Crippen LogP contribution in [0, 0.1) is 0 Å². The standard InChI is InChI=1S/C18H17NO2/c1-19-15-14(12-8-4-2-5-9-12)17(18(19)20)21-16(15)13-10-6-3-7-11-13/h2-11,14-17H,1H3/t14-,15+,16-,17+/m0/s1. The van der Waals surface area contributed by atoms with E-state index >= 15 is 0 Å². The number of nitrogens with zero attached hydrogens (tertiary/aromatic N) is 1. The molecule has 3 nitrogen and oxygen atoms in total.